The van der Waals surface area contributed by atoms with Crippen LogP contribution in [0.1, 0.15) is 34.1 Å². The van der Waals surface area contributed by atoms with Crippen molar-refractivity contribution in [2.24, 2.45) is 5.92 Å². The first-order valence-corrected chi connectivity index (χ1v) is 10.6. The lowest BCUT2D eigenvalue weighted by Gasteiger charge is -2.34. The normalized spacial score (nSPS) is 23.3. The largest absolute Gasteiger partial charge is 0.395 e. The summed E-state index contributed by atoms with van der Waals surface area (Å²) >= 11 is 0. The minimum atomic E-state index is -4.28. The smallest absolute Gasteiger partial charge is 0.369 e. The molecule has 156 valence electrons. The number of hydrogen-bond donors (Lipinski definition) is 2. The van der Waals surface area contributed by atoms with Gasteiger partial charge in [-0.2, -0.15) is 9.37 Å². The highest BCUT2D eigenvalue weighted by Crippen LogP contribution is 2.68. The molecule has 1 unspecified atom stereocenters. The van der Waals surface area contributed by atoms with Gasteiger partial charge in [0.2, 0.25) is 5.95 Å². The number of nitrogens with one attached hydrogen (secondary N) is 1. The van der Waals surface area contributed by atoms with Crippen LogP contribution in [-0.4, -0.2) is 43.9 Å². The van der Waals surface area contributed by atoms with Crippen LogP contribution in [0.15, 0.2) is 11.1 Å². The van der Waals surface area contributed by atoms with Crippen LogP contribution in [0.5, 0.6) is 0 Å². The highest BCUT2D eigenvalue weighted by molar-refractivity contribution is 7.55. The van der Waals surface area contributed by atoms with Gasteiger partial charge in [-0.3, -0.25) is 14.3 Å². The predicted octanol–water partition coefficient (Wildman–Crippen LogP) is 2.40. The Bertz CT molecular complexity index is 947. The number of alkyl halides is 1. The number of nitrogens with two attached hydrogens (primary N) is 1. The molecule has 1 aliphatic rings. The lowest BCUT2D eigenvalue weighted by molar-refractivity contribution is -0.0918. The summed E-state index contributed by atoms with van der Waals surface area (Å²) in [5.74, 6) is -0.944. The average Bonchev–Trinajstić information content (AvgIpc) is 3.12. The molecule has 0 radical (unpaired) electrons. The van der Waals surface area contributed by atoms with Crippen LogP contribution in [-0.2, 0) is 24.9 Å². The summed E-state index contributed by atoms with van der Waals surface area (Å²) < 4.78 is 47.1. The zero-order chi connectivity index (χ0) is 20.7. The number of rotatable bonds is 7. The molecule has 1 fully saturated rings. The van der Waals surface area contributed by atoms with Gasteiger partial charge in [0.05, 0.1) is 31.1 Å². The van der Waals surface area contributed by atoms with Crippen molar-refractivity contribution in [1.82, 2.24) is 19.5 Å². The summed E-state index contributed by atoms with van der Waals surface area (Å²) in [6, 6.07) is 0. The highest BCUT2D eigenvalue weighted by atomic mass is 31.2. The van der Waals surface area contributed by atoms with Gasteiger partial charge in [0.1, 0.15) is 0 Å². The van der Waals surface area contributed by atoms with Gasteiger partial charge in [0.25, 0.3) is 5.56 Å². The maximum atomic E-state index is 16.0. The molecular formula is C16H25FN5O5P. The first-order chi connectivity index (χ1) is 13.1. The van der Waals surface area contributed by atoms with Crippen molar-refractivity contribution in [2.45, 2.75) is 58.5 Å². The Morgan fingerprint density at radius 2 is 2.07 bits per heavy atom. The number of ether oxygens (including phenoxy) is 1. The number of imidazole rings is 1. The van der Waals surface area contributed by atoms with E-state index in [2.05, 4.69) is 15.0 Å². The number of nitrogens with zero attached hydrogens (tertiary/aromatic N) is 3. The van der Waals surface area contributed by atoms with Gasteiger partial charge in [-0.1, -0.05) is 0 Å². The molecule has 0 saturated carbocycles. The van der Waals surface area contributed by atoms with Gasteiger partial charge in [0.15, 0.2) is 11.2 Å². The Morgan fingerprint density at radius 1 is 1.43 bits per heavy atom. The topological polar surface area (TPSA) is 134 Å². The molecule has 0 amide bonds. The number of nitrogen functional groups attached to an aromatic ring is 1. The molecule has 10 nitrogen and oxygen atoms in total. The minimum absolute atomic E-state index is 0.00972. The molecule has 3 N–H and O–H groups in total. The van der Waals surface area contributed by atoms with Crippen molar-refractivity contribution in [3.63, 3.8) is 0 Å². The van der Waals surface area contributed by atoms with Gasteiger partial charge in [-0.05, 0) is 34.1 Å². The van der Waals surface area contributed by atoms with E-state index in [0.29, 0.717) is 0 Å². The molecule has 2 aromatic rings. The third-order valence-electron chi connectivity index (χ3n) is 4.26. The molecule has 3 rings (SSSR count). The van der Waals surface area contributed by atoms with Crippen LogP contribution in [0, 0.1) is 5.92 Å². The zero-order valence-corrected chi connectivity index (χ0v) is 17.1. The van der Waals surface area contributed by atoms with Crippen LogP contribution in [0.3, 0.4) is 0 Å². The second-order valence-corrected chi connectivity index (χ2v) is 9.30. The summed E-state index contributed by atoms with van der Waals surface area (Å²) in [6.07, 6.45) is 0.581. The van der Waals surface area contributed by atoms with Crippen LogP contribution in [0.2, 0.25) is 0 Å². The van der Waals surface area contributed by atoms with E-state index in [4.69, 9.17) is 19.5 Å². The van der Waals surface area contributed by atoms with Gasteiger partial charge in [-0.15, -0.1) is 0 Å². The molecule has 12 heteroatoms. The van der Waals surface area contributed by atoms with Crippen LogP contribution in [0.25, 0.3) is 11.2 Å². The Morgan fingerprint density at radius 3 is 2.68 bits per heavy atom. The Kier molecular flexibility index (Phi) is 5.64. The van der Waals surface area contributed by atoms with Gasteiger partial charge in [0, 0.05) is 6.54 Å². The standard InChI is InChI=1S/C16H25FN5O5P/c1-9(2)26-28(24,27-10(3)4)16(17)11(5-6-25-16)7-22-8-19-12-13(22)20-15(18)21-14(12)23/h8-11H,5-7H2,1-4H3,(H3,18,20,21,23)/t11?,16-/m1/s1. The Labute approximate surface area is 161 Å². The van der Waals surface area contributed by atoms with Crippen molar-refractivity contribution in [2.75, 3.05) is 12.3 Å². The Hall–Kier alpha value is -1.81. The van der Waals surface area contributed by atoms with E-state index in [1.54, 1.807) is 27.7 Å². The maximum Gasteiger partial charge on any atom is 0.395 e. The summed E-state index contributed by atoms with van der Waals surface area (Å²) in [6.45, 7) is 6.64. The molecule has 0 spiro atoms. The summed E-state index contributed by atoms with van der Waals surface area (Å²) in [5, 5.41) is 0. The van der Waals surface area contributed by atoms with Crippen LogP contribution < -0.4 is 11.3 Å². The summed E-state index contributed by atoms with van der Waals surface area (Å²) in [4.78, 5) is 22.4. The molecule has 1 saturated heterocycles. The number of anilines is 1. The number of aromatic nitrogens is 4. The summed E-state index contributed by atoms with van der Waals surface area (Å²) in [7, 11) is -4.28. The SMILES string of the molecule is CC(C)OP(=O)(OC(C)C)[C@]1(F)OCCC1Cn1cnc2c(=O)[nH]c(N)nc21. The van der Waals surface area contributed by atoms with Crippen molar-refractivity contribution < 1.29 is 22.7 Å². The fourth-order valence-corrected chi connectivity index (χ4v) is 5.57. The monoisotopic (exact) mass is 417 g/mol. The van der Waals surface area contributed by atoms with Crippen molar-refractivity contribution in [3.8, 4) is 0 Å². The number of H-pyrrole nitrogens is 1. The van der Waals surface area contributed by atoms with Crippen LogP contribution in [0.4, 0.5) is 10.3 Å². The first kappa shape index (κ1) is 20.9. The third-order valence-corrected chi connectivity index (χ3v) is 6.90. The highest BCUT2D eigenvalue weighted by Gasteiger charge is 2.62. The van der Waals surface area contributed by atoms with E-state index < -0.39 is 36.9 Å². The van der Waals surface area contributed by atoms with Crippen LogP contribution >= 0.6 is 7.60 Å². The molecule has 2 aromatic heterocycles. The van der Waals surface area contributed by atoms with E-state index in [0.717, 1.165) is 0 Å². The predicted molar refractivity (Wildman–Crippen MR) is 101 cm³/mol. The van der Waals surface area contributed by atoms with E-state index in [-0.39, 0.29) is 36.7 Å². The third kappa shape index (κ3) is 3.71. The molecule has 0 aromatic carbocycles. The fourth-order valence-electron chi connectivity index (χ4n) is 3.21. The molecule has 1 aliphatic heterocycles. The lowest BCUT2D eigenvalue weighted by Crippen LogP contribution is -2.36. The van der Waals surface area contributed by atoms with E-state index in [1.165, 1.54) is 10.9 Å². The number of hydrogen-bond acceptors (Lipinski definition) is 8. The first-order valence-electron chi connectivity index (χ1n) is 9.06. The molecule has 28 heavy (non-hydrogen) atoms. The van der Waals surface area contributed by atoms with Crippen molar-refractivity contribution in [1.29, 1.82) is 0 Å². The van der Waals surface area contributed by atoms with Gasteiger partial charge >= 0.3 is 13.2 Å². The van der Waals surface area contributed by atoms with Gasteiger partial charge < -0.3 is 24.1 Å². The number of aromatic amines is 1. The van der Waals surface area contributed by atoms with Crippen molar-refractivity contribution in [3.05, 3.63) is 16.7 Å². The molecule has 0 bridgehead atoms. The Balaban J connectivity index is 1.98. The van der Waals surface area contributed by atoms with E-state index in [1.807, 2.05) is 0 Å². The molecule has 0 aliphatic carbocycles. The van der Waals surface area contributed by atoms with Gasteiger partial charge in [-0.25, -0.2) is 4.98 Å². The molecule has 2 atom stereocenters. The summed E-state index contributed by atoms with van der Waals surface area (Å²) in [5.41, 5.74) is 2.76. The lowest BCUT2D eigenvalue weighted by atomic mass is 10.1. The average molecular weight is 417 g/mol. The molecular weight excluding hydrogens is 392 g/mol. The minimum Gasteiger partial charge on any atom is -0.369 e. The zero-order valence-electron chi connectivity index (χ0n) is 16.2. The second-order valence-electron chi connectivity index (χ2n) is 7.27. The number of fused-ring (bicyclic) bond motifs is 1. The fraction of sp³-hybridized carbons (Fsp3) is 0.688. The maximum absolute atomic E-state index is 16.0. The van der Waals surface area contributed by atoms with E-state index in [9.17, 15) is 9.36 Å². The molecule has 3 heterocycles. The van der Waals surface area contributed by atoms with Crippen molar-refractivity contribution >= 4 is 24.7 Å². The number of halogens is 1. The van der Waals surface area contributed by atoms with E-state index >= 15 is 4.39 Å². The quantitative estimate of drug-likeness (QED) is 0.656. The second kappa shape index (κ2) is 7.55.